The number of hydrogen-bond acceptors (Lipinski definition) is 4. The molecule has 2 atom stereocenters. The summed E-state index contributed by atoms with van der Waals surface area (Å²) in [5.74, 6) is 1.40. The van der Waals surface area contributed by atoms with E-state index >= 15 is 0 Å². The SMILES string of the molecule is CN=C(NCC(C1CC1)N(C)C)NCC(c1ccc(F)cc1)N1CCOCC1. The topological polar surface area (TPSA) is 52.1 Å². The van der Waals surface area contributed by atoms with Crippen LogP contribution < -0.4 is 10.6 Å². The number of nitrogens with one attached hydrogen (secondary N) is 2. The molecule has 1 heterocycles. The van der Waals surface area contributed by atoms with E-state index in [0.717, 1.165) is 50.3 Å². The number of nitrogens with zero attached hydrogens (tertiary/aromatic N) is 3. The number of guanidine groups is 1. The van der Waals surface area contributed by atoms with E-state index in [4.69, 9.17) is 4.74 Å². The molecule has 1 aromatic rings. The molecule has 0 amide bonds. The molecule has 3 rings (SSSR count). The van der Waals surface area contributed by atoms with E-state index in [1.165, 1.54) is 25.0 Å². The van der Waals surface area contributed by atoms with Crippen LogP contribution in [0.4, 0.5) is 4.39 Å². The first-order chi connectivity index (χ1) is 13.6. The summed E-state index contributed by atoms with van der Waals surface area (Å²) in [7, 11) is 6.09. The standard InChI is InChI=1S/C21H34FN5O/c1-23-21(24-14-19(26(2)3)16-4-5-16)25-15-20(27-10-12-28-13-11-27)17-6-8-18(22)9-7-17/h6-9,16,19-20H,4-5,10-15H2,1-3H3,(H2,23,24,25). The van der Waals surface area contributed by atoms with Crippen molar-refractivity contribution in [3.8, 4) is 0 Å². The van der Waals surface area contributed by atoms with Crippen molar-refractivity contribution >= 4 is 5.96 Å². The fraction of sp³-hybridized carbons (Fsp3) is 0.667. The van der Waals surface area contributed by atoms with Gasteiger partial charge < -0.3 is 20.3 Å². The first-order valence-electron chi connectivity index (χ1n) is 10.3. The van der Waals surface area contributed by atoms with Gasteiger partial charge in [0.15, 0.2) is 5.96 Å². The average Bonchev–Trinajstić information content (AvgIpc) is 3.53. The Kier molecular flexibility index (Phi) is 7.65. The number of halogens is 1. The second-order valence-electron chi connectivity index (χ2n) is 7.92. The number of aliphatic imine (C=N–C) groups is 1. The van der Waals surface area contributed by atoms with Crippen molar-refractivity contribution in [3.05, 3.63) is 35.6 Å². The van der Waals surface area contributed by atoms with Gasteiger partial charge in [-0.15, -0.1) is 0 Å². The van der Waals surface area contributed by atoms with Gasteiger partial charge in [0.1, 0.15) is 5.82 Å². The van der Waals surface area contributed by atoms with Crippen molar-refractivity contribution in [1.29, 1.82) is 0 Å². The molecule has 0 aromatic heterocycles. The fourth-order valence-corrected chi connectivity index (χ4v) is 3.90. The molecule has 2 N–H and O–H groups in total. The van der Waals surface area contributed by atoms with E-state index in [0.29, 0.717) is 12.6 Å². The second-order valence-corrected chi connectivity index (χ2v) is 7.92. The predicted molar refractivity (Wildman–Crippen MR) is 111 cm³/mol. The van der Waals surface area contributed by atoms with E-state index < -0.39 is 0 Å². The highest BCUT2D eigenvalue weighted by Gasteiger charge is 2.32. The third kappa shape index (κ3) is 5.90. The molecule has 28 heavy (non-hydrogen) atoms. The molecule has 1 aliphatic heterocycles. The van der Waals surface area contributed by atoms with Crippen LogP contribution >= 0.6 is 0 Å². The lowest BCUT2D eigenvalue weighted by Gasteiger charge is -2.35. The number of morpholine rings is 1. The molecule has 2 fully saturated rings. The zero-order valence-corrected chi connectivity index (χ0v) is 17.3. The maximum atomic E-state index is 13.4. The summed E-state index contributed by atoms with van der Waals surface area (Å²) in [6.45, 7) is 4.81. The Morgan fingerprint density at radius 3 is 2.39 bits per heavy atom. The van der Waals surface area contributed by atoms with Gasteiger partial charge in [-0.3, -0.25) is 9.89 Å². The molecule has 2 unspecified atom stereocenters. The predicted octanol–water partition coefficient (Wildman–Crippen LogP) is 1.70. The zero-order valence-electron chi connectivity index (χ0n) is 17.3. The maximum Gasteiger partial charge on any atom is 0.191 e. The molecule has 1 aromatic carbocycles. The summed E-state index contributed by atoms with van der Waals surface area (Å²) in [5, 5.41) is 6.96. The molecule has 6 nitrogen and oxygen atoms in total. The third-order valence-corrected chi connectivity index (χ3v) is 5.74. The molecule has 2 aliphatic rings. The summed E-state index contributed by atoms with van der Waals surface area (Å²) in [6.07, 6.45) is 2.64. The van der Waals surface area contributed by atoms with Gasteiger partial charge in [-0.2, -0.15) is 0 Å². The quantitative estimate of drug-likeness (QED) is 0.522. The number of benzene rings is 1. The Bertz CT molecular complexity index is 624. The lowest BCUT2D eigenvalue weighted by Crippen LogP contribution is -2.49. The third-order valence-electron chi connectivity index (χ3n) is 5.74. The molecule has 1 saturated carbocycles. The molecule has 156 valence electrons. The van der Waals surface area contributed by atoms with Gasteiger partial charge in [0.05, 0.1) is 19.3 Å². The number of ether oxygens (including phenoxy) is 1. The van der Waals surface area contributed by atoms with Gasteiger partial charge in [0, 0.05) is 39.3 Å². The van der Waals surface area contributed by atoms with Crippen LogP contribution in [-0.2, 0) is 4.74 Å². The molecular weight excluding hydrogens is 357 g/mol. The molecule has 1 saturated heterocycles. The molecule has 0 radical (unpaired) electrons. The zero-order chi connectivity index (χ0) is 19.9. The van der Waals surface area contributed by atoms with E-state index in [-0.39, 0.29) is 11.9 Å². The second kappa shape index (κ2) is 10.2. The van der Waals surface area contributed by atoms with Crippen LogP contribution in [-0.4, -0.2) is 82.3 Å². The Morgan fingerprint density at radius 1 is 1.18 bits per heavy atom. The Hall–Kier alpha value is -1.70. The van der Waals surface area contributed by atoms with Gasteiger partial charge in [0.2, 0.25) is 0 Å². The summed E-state index contributed by atoms with van der Waals surface area (Å²) in [5.41, 5.74) is 1.11. The summed E-state index contributed by atoms with van der Waals surface area (Å²) < 4.78 is 18.9. The lowest BCUT2D eigenvalue weighted by atomic mass is 10.0. The molecule has 0 spiro atoms. The molecule has 7 heteroatoms. The van der Waals surface area contributed by atoms with E-state index in [9.17, 15) is 4.39 Å². The van der Waals surface area contributed by atoms with Crippen molar-refractivity contribution in [1.82, 2.24) is 20.4 Å². The minimum atomic E-state index is -0.204. The van der Waals surface area contributed by atoms with Crippen LogP contribution in [0.3, 0.4) is 0 Å². The van der Waals surface area contributed by atoms with Crippen LogP contribution in [0.2, 0.25) is 0 Å². The molecular formula is C21H34FN5O. The van der Waals surface area contributed by atoms with E-state index in [1.54, 1.807) is 7.05 Å². The highest BCUT2D eigenvalue weighted by atomic mass is 19.1. The molecule has 0 bridgehead atoms. The van der Waals surface area contributed by atoms with Crippen LogP contribution in [0.5, 0.6) is 0 Å². The largest absolute Gasteiger partial charge is 0.379 e. The highest BCUT2D eigenvalue weighted by molar-refractivity contribution is 5.79. The van der Waals surface area contributed by atoms with E-state index in [2.05, 4.69) is 39.5 Å². The normalized spacial score (nSPS) is 20.8. The van der Waals surface area contributed by atoms with Crippen LogP contribution in [0.25, 0.3) is 0 Å². The van der Waals surface area contributed by atoms with Crippen molar-refractivity contribution in [2.75, 3.05) is 60.5 Å². The van der Waals surface area contributed by atoms with Gasteiger partial charge in [-0.05, 0) is 50.6 Å². The lowest BCUT2D eigenvalue weighted by molar-refractivity contribution is 0.0170. The van der Waals surface area contributed by atoms with E-state index in [1.807, 2.05) is 12.1 Å². The fourth-order valence-electron chi connectivity index (χ4n) is 3.90. The number of hydrogen-bond donors (Lipinski definition) is 2. The van der Waals surface area contributed by atoms with Crippen LogP contribution in [0.15, 0.2) is 29.3 Å². The minimum absolute atomic E-state index is 0.149. The summed E-state index contributed by atoms with van der Waals surface area (Å²) >= 11 is 0. The van der Waals surface area contributed by atoms with Crippen molar-refractivity contribution < 1.29 is 9.13 Å². The van der Waals surface area contributed by atoms with Gasteiger partial charge in [0.25, 0.3) is 0 Å². The first-order valence-corrected chi connectivity index (χ1v) is 10.3. The maximum absolute atomic E-state index is 13.4. The Balaban J connectivity index is 1.60. The monoisotopic (exact) mass is 391 g/mol. The Labute approximate surface area is 168 Å². The number of likely N-dealkylation sites (N-methyl/N-ethyl adjacent to an activating group) is 1. The Morgan fingerprint density at radius 2 is 1.82 bits per heavy atom. The molecule has 1 aliphatic carbocycles. The summed E-state index contributed by atoms with van der Waals surface area (Å²) in [4.78, 5) is 9.09. The van der Waals surface area contributed by atoms with Crippen molar-refractivity contribution in [2.45, 2.75) is 24.9 Å². The van der Waals surface area contributed by atoms with Gasteiger partial charge in [-0.25, -0.2) is 4.39 Å². The van der Waals surface area contributed by atoms with Crippen LogP contribution in [0, 0.1) is 11.7 Å². The minimum Gasteiger partial charge on any atom is -0.379 e. The first kappa shape index (κ1) is 21.0. The number of rotatable bonds is 8. The smallest absolute Gasteiger partial charge is 0.191 e. The van der Waals surface area contributed by atoms with Gasteiger partial charge >= 0.3 is 0 Å². The van der Waals surface area contributed by atoms with Crippen molar-refractivity contribution in [3.63, 3.8) is 0 Å². The summed E-state index contributed by atoms with van der Waals surface area (Å²) in [6, 6.07) is 7.51. The highest BCUT2D eigenvalue weighted by Crippen LogP contribution is 2.34. The van der Waals surface area contributed by atoms with Crippen molar-refractivity contribution in [2.24, 2.45) is 10.9 Å². The van der Waals surface area contributed by atoms with Crippen LogP contribution in [0.1, 0.15) is 24.4 Å². The average molecular weight is 392 g/mol. The van der Waals surface area contributed by atoms with Gasteiger partial charge in [-0.1, -0.05) is 12.1 Å².